The fourth-order valence-electron chi connectivity index (χ4n) is 5.96. The highest BCUT2D eigenvalue weighted by molar-refractivity contribution is 6.04. The number of terminal acetylenes is 1. The van der Waals surface area contributed by atoms with E-state index in [1.54, 1.807) is 13.0 Å². The summed E-state index contributed by atoms with van der Waals surface area (Å²) in [5, 5.41) is 1.77. The van der Waals surface area contributed by atoms with Gasteiger partial charge in [-0.15, -0.1) is 12.3 Å². The van der Waals surface area contributed by atoms with E-state index in [9.17, 15) is 18.0 Å². The van der Waals surface area contributed by atoms with Crippen LogP contribution in [0.25, 0.3) is 33.0 Å². The van der Waals surface area contributed by atoms with Gasteiger partial charge in [-0.2, -0.15) is 13.2 Å². The predicted molar refractivity (Wildman–Crippen MR) is 167 cm³/mol. The number of fused-ring (bicyclic) bond motifs is 1. The Balaban J connectivity index is 1.40. The van der Waals surface area contributed by atoms with Crippen LogP contribution in [0.3, 0.4) is 0 Å². The van der Waals surface area contributed by atoms with Gasteiger partial charge in [0.25, 0.3) is 0 Å². The van der Waals surface area contributed by atoms with Crippen molar-refractivity contribution in [2.45, 2.75) is 51.1 Å². The minimum atomic E-state index is -4.39. The Hall–Kier alpha value is -4.08. The number of nitrogens with zero attached hydrogens (tertiary/aromatic N) is 1. The largest absolute Gasteiger partial charge is 0.462 e. The zero-order valence-corrected chi connectivity index (χ0v) is 24.4. The Kier molecular flexibility index (Phi) is 9.52. The highest BCUT2D eigenvalue weighted by Crippen LogP contribution is 2.36. The lowest BCUT2D eigenvalue weighted by atomic mass is 9.87. The standard InChI is InChI=1S/C37H36F3NO2/c1-3-5-6-7-20-41-21-18-28(19-22-41)26-8-10-29(11-9-26)35-25-32(36(42)43-4-2)24-31-23-30(14-17-34(31)35)27-12-15-33(16-13-27)37(38,39)40/h1,8-17,23-25,28H,4-7,18-22H2,2H3. The van der Waals surface area contributed by atoms with Gasteiger partial charge in [0.05, 0.1) is 17.7 Å². The quantitative estimate of drug-likeness (QED) is 0.112. The van der Waals surface area contributed by atoms with Gasteiger partial charge in [0.15, 0.2) is 0 Å². The predicted octanol–water partition coefficient (Wildman–Crippen LogP) is 9.35. The van der Waals surface area contributed by atoms with Crippen molar-refractivity contribution in [1.82, 2.24) is 4.90 Å². The third-order valence-corrected chi connectivity index (χ3v) is 8.34. The number of unbranched alkanes of at least 4 members (excludes halogenated alkanes) is 2. The number of benzene rings is 4. The second-order valence-corrected chi connectivity index (χ2v) is 11.2. The molecule has 1 heterocycles. The van der Waals surface area contributed by atoms with Crippen molar-refractivity contribution < 1.29 is 22.7 Å². The molecule has 43 heavy (non-hydrogen) atoms. The minimum absolute atomic E-state index is 0.260. The Labute approximate surface area is 251 Å². The third kappa shape index (κ3) is 7.29. The molecule has 0 atom stereocenters. The fraction of sp³-hybridized carbons (Fsp3) is 0.324. The lowest BCUT2D eigenvalue weighted by Gasteiger charge is -2.32. The van der Waals surface area contributed by atoms with Gasteiger partial charge >= 0.3 is 12.1 Å². The van der Waals surface area contributed by atoms with Crippen molar-refractivity contribution in [1.29, 1.82) is 0 Å². The SMILES string of the molecule is C#CCCCCN1CCC(c2ccc(-c3cc(C(=O)OCC)cc4cc(-c5ccc(C(F)(F)F)cc5)ccc34)cc2)CC1. The number of rotatable bonds is 9. The second kappa shape index (κ2) is 13.5. The van der Waals surface area contributed by atoms with E-state index in [0.717, 1.165) is 91.3 Å². The highest BCUT2D eigenvalue weighted by atomic mass is 19.4. The molecule has 0 spiro atoms. The van der Waals surface area contributed by atoms with E-state index < -0.39 is 17.7 Å². The lowest BCUT2D eigenvalue weighted by Crippen LogP contribution is -2.33. The molecule has 4 aromatic carbocycles. The molecule has 0 saturated carbocycles. The topological polar surface area (TPSA) is 29.5 Å². The molecule has 0 aromatic heterocycles. The van der Waals surface area contributed by atoms with E-state index in [2.05, 4.69) is 35.1 Å². The van der Waals surface area contributed by atoms with Crippen molar-refractivity contribution >= 4 is 16.7 Å². The van der Waals surface area contributed by atoms with Crippen LogP contribution in [-0.4, -0.2) is 37.1 Å². The Bertz CT molecular complexity index is 1590. The summed E-state index contributed by atoms with van der Waals surface area (Å²) in [6.45, 7) is 5.32. The first-order valence-corrected chi connectivity index (χ1v) is 15.0. The van der Waals surface area contributed by atoms with Crippen LogP contribution in [0.1, 0.15) is 66.4 Å². The van der Waals surface area contributed by atoms with Crippen LogP contribution in [0.2, 0.25) is 0 Å². The average Bonchev–Trinajstić information content (AvgIpc) is 3.02. The van der Waals surface area contributed by atoms with Gasteiger partial charge in [-0.3, -0.25) is 0 Å². The molecule has 5 rings (SSSR count). The van der Waals surface area contributed by atoms with Crippen molar-refractivity contribution in [3.63, 3.8) is 0 Å². The molecular weight excluding hydrogens is 547 g/mol. The van der Waals surface area contributed by atoms with Crippen LogP contribution < -0.4 is 0 Å². The summed E-state index contributed by atoms with van der Waals surface area (Å²) < 4.78 is 44.5. The highest BCUT2D eigenvalue weighted by Gasteiger charge is 2.30. The first-order chi connectivity index (χ1) is 20.8. The van der Waals surface area contributed by atoms with Crippen LogP contribution >= 0.6 is 0 Å². The average molecular weight is 584 g/mol. The summed E-state index contributed by atoms with van der Waals surface area (Å²) in [4.78, 5) is 15.3. The third-order valence-electron chi connectivity index (χ3n) is 8.34. The van der Waals surface area contributed by atoms with E-state index in [1.165, 1.54) is 17.7 Å². The minimum Gasteiger partial charge on any atom is -0.462 e. The number of hydrogen-bond acceptors (Lipinski definition) is 3. The summed E-state index contributed by atoms with van der Waals surface area (Å²) >= 11 is 0. The zero-order chi connectivity index (χ0) is 30.4. The first kappa shape index (κ1) is 30.4. The van der Waals surface area contributed by atoms with Gasteiger partial charge in [-0.05, 0) is 127 Å². The number of likely N-dealkylation sites (tertiary alicyclic amines) is 1. The van der Waals surface area contributed by atoms with Crippen LogP contribution in [0.5, 0.6) is 0 Å². The molecule has 0 aliphatic carbocycles. The molecule has 0 N–H and O–H groups in total. The number of hydrogen-bond donors (Lipinski definition) is 0. The maximum absolute atomic E-state index is 13.1. The smallest absolute Gasteiger partial charge is 0.416 e. The van der Waals surface area contributed by atoms with Crippen LogP contribution in [-0.2, 0) is 10.9 Å². The van der Waals surface area contributed by atoms with E-state index in [0.29, 0.717) is 17.0 Å². The van der Waals surface area contributed by atoms with Crippen molar-refractivity contribution in [2.24, 2.45) is 0 Å². The van der Waals surface area contributed by atoms with E-state index in [4.69, 9.17) is 11.2 Å². The number of alkyl halides is 3. The van der Waals surface area contributed by atoms with Crippen molar-refractivity contribution in [3.05, 3.63) is 95.6 Å². The molecule has 6 heteroatoms. The van der Waals surface area contributed by atoms with E-state index in [-0.39, 0.29) is 6.61 Å². The molecule has 1 aliphatic rings. The molecule has 0 amide bonds. The van der Waals surface area contributed by atoms with Gasteiger partial charge in [0.2, 0.25) is 0 Å². The van der Waals surface area contributed by atoms with Crippen LogP contribution in [0.4, 0.5) is 13.2 Å². The molecule has 1 fully saturated rings. The number of halogens is 3. The summed E-state index contributed by atoms with van der Waals surface area (Å²) in [6, 6.07) is 23.2. The van der Waals surface area contributed by atoms with E-state index in [1.807, 2.05) is 24.3 Å². The van der Waals surface area contributed by atoms with Crippen LogP contribution in [0, 0.1) is 12.3 Å². The molecule has 1 saturated heterocycles. The molecule has 0 bridgehead atoms. The molecule has 222 valence electrons. The number of ether oxygens (including phenoxy) is 1. The van der Waals surface area contributed by atoms with Crippen LogP contribution in [0.15, 0.2) is 78.9 Å². The summed E-state index contributed by atoms with van der Waals surface area (Å²) in [5.41, 5.74) is 4.42. The molecule has 1 aliphatic heterocycles. The molecule has 3 nitrogen and oxygen atoms in total. The first-order valence-electron chi connectivity index (χ1n) is 15.0. The van der Waals surface area contributed by atoms with Gasteiger partial charge in [-0.1, -0.05) is 48.5 Å². The molecule has 0 unspecified atom stereocenters. The van der Waals surface area contributed by atoms with Gasteiger partial charge in [0.1, 0.15) is 0 Å². The fourth-order valence-corrected chi connectivity index (χ4v) is 5.96. The van der Waals surface area contributed by atoms with Gasteiger partial charge in [-0.25, -0.2) is 4.79 Å². The Morgan fingerprint density at radius 3 is 2.23 bits per heavy atom. The number of carbonyl (C=O) groups is 1. The zero-order valence-electron chi connectivity index (χ0n) is 24.4. The number of piperidine rings is 1. The van der Waals surface area contributed by atoms with E-state index >= 15 is 0 Å². The van der Waals surface area contributed by atoms with Gasteiger partial charge < -0.3 is 9.64 Å². The van der Waals surface area contributed by atoms with Gasteiger partial charge in [0, 0.05) is 6.42 Å². The molecule has 0 radical (unpaired) electrons. The Morgan fingerprint density at radius 1 is 0.907 bits per heavy atom. The second-order valence-electron chi connectivity index (χ2n) is 11.2. The summed E-state index contributed by atoms with van der Waals surface area (Å²) in [5.74, 6) is 2.83. The lowest BCUT2D eigenvalue weighted by molar-refractivity contribution is -0.137. The maximum atomic E-state index is 13.1. The molecule has 4 aromatic rings. The Morgan fingerprint density at radius 2 is 1.58 bits per heavy atom. The molecular formula is C37H36F3NO2. The van der Waals surface area contributed by atoms with Crippen molar-refractivity contribution in [2.75, 3.05) is 26.2 Å². The monoisotopic (exact) mass is 583 g/mol. The number of esters is 1. The van der Waals surface area contributed by atoms with Crippen molar-refractivity contribution in [3.8, 4) is 34.6 Å². The number of carbonyl (C=O) groups excluding carboxylic acids is 1. The summed E-state index contributed by atoms with van der Waals surface area (Å²) in [6.07, 6.45) is 6.31. The summed E-state index contributed by atoms with van der Waals surface area (Å²) in [7, 11) is 0. The maximum Gasteiger partial charge on any atom is 0.416 e. The normalized spacial score (nSPS) is 14.5.